The van der Waals surface area contributed by atoms with Crippen molar-refractivity contribution in [1.29, 1.82) is 0 Å². The molecule has 0 N–H and O–H groups in total. The highest BCUT2D eigenvalue weighted by Crippen LogP contribution is 2.46. The number of furan rings is 2. The third-order valence-corrected chi connectivity index (χ3v) is 6.59. The van der Waals surface area contributed by atoms with Gasteiger partial charge in [0.2, 0.25) is 0 Å². The molecule has 0 amide bonds. The molecule has 0 aliphatic rings. The summed E-state index contributed by atoms with van der Waals surface area (Å²) in [7, 11) is 3.64. The molecule has 4 heteroatoms. The Kier molecular flexibility index (Phi) is 6.16. The minimum Gasteiger partial charge on any atom is -0.465 e. The highest BCUT2D eigenvalue weighted by atomic mass is 33.1. The molecule has 0 radical (unpaired) electrons. The van der Waals surface area contributed by atoms with Crippen LogP contribution in [0.5, 0.6) is 0 Å². The first-order valence-corrected chi connectivity index (χ1v) is 10.2. The van der Waals surface area contributed by atoms with Crippen LogP contribution in [0.2, 0.25) is 0 Å². The van der Waals surface area contributed by atoms with E-state index in [0.717, 1.165) is 48.7 Å². The van der Waals surface area contributed by atoms with Crippen molar-refractivity contribution < 1.29 is 8.83 Å². The average molecular weight is 339 g/mol. The fourth-order valence-electron chi connectivity index (χ4n) is 2.80. The number of rotatable bonds is 7. The van der Waals surface area contributed by atoms with Crippen LogP contribution in [0, 0.1) is 27.7 Å². The van der Waals surface area contributed by atoms with E-state index in [9.17, 15) is 0 Å². The molecule has 0 saturated heterocycles. The lowest BCUT2D eigenvalue weighted by molar-refractivity contribution is 0.495. The van der Waals surface area contributed by atoms with Gasteiger partial charge < -0.3 is 8.83 Å². The first kappa shape index (κ1) is 17.6. The zero-order valence-electron chi connectivity index (χ0n) is 14.5. The molecule has 0 spiro atoms. The Morgan fingerprint density at radius 3 is 1.32 bits per heavy atom. The van der Waals surface area contributed by atoms with Crippen LogP contribution in [0.25, 0.3) is 0 Å². The normalized spacial score (nSPS) is 11.4. The summed E-state index contributed by atoms with van der Waals surface area (Å²) >= 11 is 0. The van der Waals surface area contributed by atoms with Gasteiger partial charge in [-0.2, -0.15) is 0 Å². The Morgan fingerprint density at radius 1 is 0.636 bits per heavy atom. The number of hydrogen-bond acceptors (Lipinski definition) is 4. The Balaban J connectivity index is 2.24. The Bertz CT molecular complexity index is 582. The molecular formula is C18H26O2S2. The predicted octanol–water partition coefficient (Wildman–Crippen LogP) is 6.81. The van der Waals surface area contributed by atoms with Crippen molar-refractivity contribution >= 4 is 21.6 Å². The van der Waals surface area contributed by atoms with Crippen LogP contribution in [-0.4, -0.2) is 0 Å². The molecule has 0 fully saturated rings. The lowest BCUT2D eigenvalue weighted by atomic mass is 10.1. The number of aryl methyl sites for hydroxylation is 4. The Hall–Kier alpha value is -0.740. The van der Waals surface area contributed by atoms with Crippen LogP contribution in [0.3, 0.4) is 0 Å². The molecule has 2 heterocycles. The molecule has 22 heavy (non-hydrogen) atoms. The maximum Gasteiger partial charge on any atom is 0.115 e. The summed E-state index contributed by atoms with van der Waals surface area (Å²) < 4.78 is 11.7. The van der Waals surface area contributed by atoms with E-state index in [4.69, 9.17) is 8.83 Å². The summed E-state index contributed by atoms with van der Waals surface area (Å²) in [6.07, 6.45) is 4.44. The Labute approximate surface area is 141 Å². The highest BCUT2D eigenvalue weighted by molar-refractivity contribution is 8.76. The fraction of sp³-hybridized carbons (Fsp3) is 0.556. The average Bonchev–Trinajstić information content (AvgIpc) is 2.87. The topological polar surface area (TPSA) is 26.3 Å². The molecule has 0 atom stereocenters. The van der Waals surface area contributed by atoms with E-state index in [1.165, 1.54) is 20.9 Å². The zero-order chi connectivity index (χ0) is 16.3. The summed E-state index contributed by atoms with van der Waals surface area (Å²) in [6, 6.07) is 0. The quantitative estimate of drug-likeness (QED) is 0.518. The molecule has 0 aliphatic heterocycles. The second kappa shape index (κ2) is 7.69. The second-order valence-corrected chi connectivity index (χ2v) is 7.86. The van der Waals surface area contributed by atoms with Gasteiger partial charge in [0.1, 0.15) is 23.0 Å². The van der Waals surface area contributed by atoms with E-state index < -0.39 is 0 Å². The molecule has 122 valence electrons. The van der Waals surface area contributed by atoms with Gasteiger partial charge in [0.05, 0.1) is 9.79 Å². The van der Waals surface area contributed by atoms with E-state index in [1.807, 2.05) is 21.6 Å². The first-order valence-electron chi connectivity index (χ1n) is 8.01. The van der Waals surface area contributed by atoms with Gasteiger partial charge in [-0.3, -0.25) is 0 Å². The first-order chi connectivity index (χ1) is 10.5. The van der Waals surface area contributed by atoms with Crippen molar-refractivity contribution in [3.05, 3.63) is 34.2 Å². The highest BCUT2D eigenvalue weighted by Gasteiger charge is 2.19. The van der Waals surface area contributed by atoms with Gasteiger partial charge in [-0.05, 0) is 62.1 Å². The molecule has 0 unspecified atom stereocenters. The van der Waals surface area contributed by atoms with E-state index in [0.29, 0.717) is 0 Å². The zero-order valence-corrected chi connectivity index (χ0v) is 16.1. The maximum absolute atomic E-state index is 5.84. The van der Waals surface area contributed by atoms with Gasteiger partial charge in [-0.15, -0.1) is 0 Å². The summed E-state index contributed by atoms with van der Waals surface area (Å²) in [4.78, 5) is 2.59. The predicted molar refractivity (Wildman–Crippen MR) is 96.1 cm³/mol. The molecule has 0 saturated carbocycles. The van der Waals surface area contributed by atoms with Crippen molar-refractivity contribution in [2.75, 3.05) is 0 Å². The van der Waals surface area contributed by atoms with Gasteiger partial charge in [0, 0.05) is 11.1 Å². The smallest absolute Gasteiger partial charge is 0.115 e. The minimum absolute atomic E-state index is 1.04. The van der Waals surface area contributed by atoms with Gasteiger partial charge in [-0.25, -0.2) is 0 Å². The van der Waals surface area contributed by atoms with E-state index in [-0.39, 0.29) is 0 Å². The molecule has 0 aromatic carbocycles. The van der Waals surface area contributed by atoms with Crippen LogP contribution in [0.1, 0.15) is 60.9 Å². The van der Waals surface area contributed by atoms with Crippen molar-refractivity contribution in [2.45, 2.75) is 77.0 Å². The number of hydrogen-bond donors (Lipinski definition) is 0. The van der Waals surface area contributed by atoms with Crippen LogP contribution in [0.4, 0.5) is 0 Å². The molecule has 2 nitrogen and oxygen atoms in total. The van der Waals surface area contributed by atoms with Crippen molar-refractivity contribution in [3.63, 3.8) is 0 Å². The van der Waals surface area contributed by atoms with Crippen molar-refractivity contribution in [2.24, 2.45) is 0 Å². The van der Waals surface area contributed by atoms with Gasteiger partial charge in [-0.1, -0.05) is 26.7 Å². The van der Waals surface area contributed by atoms with Gasteiger partial charge in [0.25, 0.3) is 0 Å². The molecule has 0 bridgehead atoms. The summed E-state index contributed by atoms with van der Waals surface area (Å²) in [5.41, 5.74) is 2.74. The summed E-state index contributed by atoms with van der Waals surface area (Å²) in [5.74, 6) is 4.20. The van der Waals surface area contributed by atoms with Crippen LogP contribution >= 0.6 is 21.6 Å². The van der Waals surface area contributed by atoms with Gasteiger partial charge in [0.15, 0.2) is 0 Å². The van der Waals surface area contributed by atoms with Crippen molar-refractivity contribution in [1.82, 2.24) is 0 Å². The molecule has 2 aromatic heterocycles. The lowest BCUT2D eigenvalue weighted by Gasteiger charge is -2.05. The monoisotopic (exact) mass is 338 g/mol. The molecule has 0 aliphatic carbocycles. The van der Waals surface area contributed by atoms with Gasteiger partial charge >= 0.3 is 0 Å². The van der Waals surface area contributed by atoms with Crippen LogP contribution in [0.15, 0.2) is 18.6 Å². The molecule has 2 aromatic rings. The maximum atomic E-state index is 5.84. The summed E-state index contributed by atoms with van der Waals surface area (Å²) in [5, 5.41) is 0. The standard InChI is InChI=1S/C18H26O2S2/c1-7-9-15-11(3)19-13(5)17(15)21-22-18-14(6)20-12(4)16(18)10-8-2/h7-10H2,1-6H3. The minimum atomic E-state index is 1.04. The molecule has 2 rings (SSSR count). The second-order valence-electron chi connectivity index (χ2n) is 5.71. The fourth-order valence-corrected chi connectivity index (χ4v) is 5.79. The molecular weight excluding hydrogens is 312 g/mol. The summed E-state index contributed by atoms with van der Waals surface area (Å²) in [6.45, 7) is 12.7. The van der Waals surface area contributed by atoms with Crippen LogP contribution < -0.4 is 0 Å². The third kappa shape index (κ3) is 3.60. The third-order valence-electron chi connectivity index (χ3n) is 3.86. The Morgan fingerprint density at radius 2 is 1.00 bits per heavy atom. The van der Waals surface area contributed by atoms with Crippen LogP contribution in [-0.2, 0) is 12.8 Å². The van der Waals surface area contributed by atoms with E-state index in [1.54, 1.807) is 0 Å². The van der Waals surface area contributed by atoms with E-state index >= 15 is 0 Å². The SMILES string of the molecule is CCCc1c(C)oc(C)c1SSc1c(C)oc(C)c1CCC. The van der Waals surface area contributed by atoms with Crippen molar-refractivity contribution in [3.8, 4) is 0 Å². The largest absolute Gasteiger partial charge is 0.465 e. The van der Waals surface area contributed by atoms with E-state index in [2.05, 4.69) is 41.5 Å². The lowest BCUT2D eigenvalue weighted by Crippen LogP contribution is -1.87.